The second kappa shape index (κ2) is 6.48. The maximum atomic E-state index is 12.0. The normalized spacial score (nSPS) is 21.6. The largest absolute Gasteiger partial charge is 0.491 e. The zero-order chi connectivity index (χ0) is 18.4. The van der Waals surface area contributed by atoms with Crippen molar-refractivity contribution in [1.82, 2.24) is 9.55 Å². The van der Waals surface area contributed by atoms with Gasteiger partial charge in [0.15, 0.2) is 5.82 Å². The summed E-state index contributed by atoms with van der Waals surface area (Å²) in [6, 6.07) is 6.19. The van der Waals surface area contributed by atoms with Crippen LogP contribution in [0.25, 0.3) is 11.4 Å². The average Bonchev–Trinajstić information content (AvgIpc) is 3.12. The number of hydrogen-bond acceptors (Lipinski definition) is 5. The predicted molar refractivity (Wildman–Crippen MR) is 102 cm³/mol. The third-order valence-electron chi connectivity index (χ3n) is 5.73. The lowest BCUT2D eigenvalue weighted by atomic mass is 9.85. The Morgan fingerprint density at radius 3 is 2.93 bits per heavy atom. The molecule has 1 saturated heterocycles. The molecule has 5 rings (SSSR count). The van der Waals surface area contributed by atoms with Crippen molar-refractivity contribution in [3.05, 3.63) is 24.4 Å². The van der Waals surface area contributed by atoms with Crippen LogP contribution in [0.1, 0.15) is 26.2 Å². The van der Waals surface area contributed by atoms with E-state index in [1.807, 2.05) is 13.1 Å². The minimum Gasteiger partial charge on any atom is -0.491 e. The van der Waals surface area contributed by atoms with E-state index in [2.05, 4.69) is 28.1 Å². The summed E-state index contributed by atoms with van der Waals surface area (Å²) in [5.74, 6) is 3.10. The summed E-state index contributed by atoms with van der Waals surface area (Å²) in [5, 5.41) is 3.53. The molecule has 0 radical (unpaired) electrons. The van der Waals surface area contributed by atoms with Gasteiger partial charge in [-0.25, -0.2) is 9.78 Å². The SMILES string of the molecule is C[C@@H]1COC(=O)N1c1cn2c(n1)-c1ccc(NCC3CCC3)cc1OCC2. The summed E-state index contributed by atoms with van der Waals surface area (Å²) in [7, 11) is 0. The Morgan fingerprint density at radius 1 is 1.30 bits per heavy atom. The third-order valence-corrected chi connectivity index (χ3v) is 5.73. The smallest absolute Gasteiger partial charge is 0.415 e. The standard InChI is InChI=1S/C20H24N4O3/c1-13-12-27-20(25)24(13)18-11-23-7-8-26-17-9-15(21-10-14-3-2-4-14)5-6-16(17)19(23)22-18/h5-6,9,11,13-14,21H,2-4,7-8,10,12H2,1H3/t13-/m1/s1. The lowest BCUT2D eigenvalue weighted by Crippen LogP contribution is -2.31. The van der Waals surface area contributed by atoms with Crippen molar-refractivity contribution in [3.8, 4) is 17.1 Å². The van der Waals surface area contributed by atoms with Gasteiger partial charge >= 0.3 is 6.09 Å². The summed E-state index contributed by atoms with van der Waals surface area (Å²) in [6.07, 6.45) is 5.59. The Balaban J connectivity index is 1.44. The molecule has 0 spiro atoms. The number of imidazole rings is 1. The Labute approximate surface area is 158 Å². The number of nitrogens with zero attached hydrogens (tertiary/aromatic N) is 3. The molecule has 1 aliphatic carbocycles. The molecule has 1 aromatic carbocycles. The number of aromatic nitrogens is 2. The molecule has 1 saturated carbocycles. The van der Waals surface area contributed by atoms with Crippen LogP contribution in [0.15, 0.2) is 24.4 Å². The maximum absolute atomic E-state index is 12.0. The molecule has 1 amide bonds. The van der Waals surface area contributed by atoms with E-state index in [0.29, 0.717) is 25.6 Å². The van der Waals surface area contributed by atoms with E-state index in [1.165, 1.54) is 19.3 Å². The van der Waals surface area contributed by atoms with Gasteiger partial charge in [-0.2, -0.15) is 0 Å². The van der Waals surface area contributed by atoms with Crippen LogP contribution in [-0.2, 0) is 11.3 Å². The number of hydrogen-bond donors (Lipinski definition) is 1. The van der Waals surface area contributed by atoms with Crippen molar-refractivity contribution in [2.45, 2.75) is 38.8 Å². The first-order valence-electron chi connectivity index (χ1n) is 9.73. The van der Waals surface area contributed by atoms with Gasteiger partial charge < -0.3 is 19.4 Å². The zero-order valence-corrected chi connectivity index (χ0v) is 15.5. The van der Waals surface area contributed by atoms with E-state index in [1.54, 1.807) is 4.90 Å². The Hall–Kier alpha value is -2.70. The highest BCUT2D eigenvalue weighted by Crippen LogP contribution is 2.36. The molecule has 0 unspecified atom stereocenters. The molecule has 7 nitrogen and oxygen atoms in total. The second-order valence-electron chi connectivity index (χ2n) is 7.65. The Morgan fingerprint density at radius 2 is 2.19 bits per heavy atom. The second-order valence-corrected chi connectivity index (χ2v) is 7.65. The van der Waals surface area contributed by atoms with Crippen LogP contribution in [-0.4, -0.2) is 41.4 Å². The molecule has 1 N–H and O–H groups in total. The van der Waals surface area contributed by atoms with Gasteiger partial charge in [0.05, 0.1) is 18.2 Å². The number of fused-ring (bicyclic) bond motifs is 3. The lowest BCUT2D eigenvalue weighted by Gasteiger charge is -2.26. The van der Waals surface area contributed by atoms with Crippen molar-refractivity contribution < 1.29 is 14.3 Å². The van der Waals surface area contributed by atoms with Gasteiger partial charge in [0.1, 0.15) is 24.8 Å². The van der Waals surface area contributed by atoms with Gasteiger partial charge in [-0.05, 0) is 37.8 Å². The van der Waals surface area contributed by atoms with Crippen molar-refractivity contribution in [1.29, 1.82) is 0 Å². The third kappa shape index (κ3) is 2.91. The van der Waals surface area contributed by atoms with Crippen molar-refractivity contribution in [2.75, 3.05) is 30.0 Å². The first-order valence-corrected chi connectivity index (χ1v) is 9.73. The molecule has 7 heteroatoms. The summed E-state index contributed by atoms with van der Waals surface area (Å²) >= 11 is 0. The fourth-order valence-electron chi connectivity index (χ4n) is 3.89. The molecule has 142 valence electrons. The fraction of sp³-hybridized carbons (Fsp3) is 0.500. The zero-order valence-electron chi connectivity index (χ0n) is 15.5. The predicted octanol–water partition coefficient (Wildman–Crippen LogP) is 3.50. The topological polar surface area (TPSA) is 68.6 Å². The highest BCUT2D eigenvalue weighted by Gasteiger charge is 2.34. The van der Waals surface area contributed by atoms with E-state index < -0.39 is 0 Å². The molecule has 2 aliphatic heterocycles. The molecule has 27 heavy (non-hydrogen) atoms. The van der Waals surface area contributed by atoms with Gasteiger partial charge in [-0.15, -0.1) is 0 Å². The summed E-state index contributed by atoms with van der Waals surface area (Å²) in [4.78, 5) is 18.4. The van der Waals surface area contributed by atoms with E-state index in [-0.39, 0.29) is 12.1 Å². The summed E-state index contributed by atoms with van der Waals surface area (Å²) < 4.78 is 13.2. The van der Waals surface area contributed by atoms with Crippen LogP contribution in [0.4, 0.5) is 16.3 Å². The average molecular weight is 368 g/mol. The number of anilines is 2. The Bertz CT molecular complexity index is 874. The van der Waals surface area contributed by atoms with Gasteiger partial charge in [-0.3, -0.25) is 4.90 Å². The quantitative estimate of drug-likeness (QED) is 0.895. The Kier molecular flexibility index (Phi) is 3.95. The number of ether oxygens (including phenoxy) is 2. The van der Waals surface area contributed by atoms with E-state index in [0.717, 1.165) is 35.3 Å². The molecule has 3 aliphatic rings. The van der Waals surface area contributed by atoms with Crippen LogP contribution < -0.4 is 15.0 Å². The number of amides is 1. The molecular weight excluding hydrogens is 344 g/mol. The van der Waals surface area contributed by atoms with E-state index >= 15 is 0 Å². The van der Waals surface area contributed by atoms with Gasteiger partial charge in [0.25, 0.3) is 0 Å². The molecule has 2 fully saturated rings. The minimum atomic E-state index is -0.331. The molecule has 0 bridgehead atoms. The van der Waals surface area contributed by atoms with Gasteiger partial charge in [0.2, 0.25) is 0 Å². The van der Waals surface area contributed by atoms with Crippen LogP contribution in [0.2, 0.25) is 0 Å². The van der Waals surface area contributed by atoms with E-state index in [9.17, 15) is 4.79 Å². The number of nitrogens with one attached hydrogen (secondary N) is 1. The molecule has 1 atom stereocenters. The van der Waals surface area contributed by atoms with Gasteiger partial charge in [0, 0.05) is 24.5 Å². The molecular formula is C20H24N4O3. The van der Waals surface area contributed by atoms with Crippen LogP contribution in [0, 0.1) is 5.92 Å². The van der Waals surface area contributed by atoms with Crippen molar-refractivity contribution >= 4 is 17.6 Å². The number of rotatable bonds is 4. The summed E-state index contributed by atoms with van der Waals surface area (Å²) in [5.41, 5.74) is 2.03. The molecule has 1 aromatic heterocycles. The minimum absolute atomic E-state index is 0.00885. The highest BCUT2D eigenvalue weighted by molar-refractivity contribution is 5.89. The number of carbonyl (C=O) groups is 1. The first kappa shape index (κ1) is 16.5. The van der Waals surface area contributed by atoms with Crippen LogP contribution in [0.5, 0.6) is 5.75 Å². The highest BCUT2D eigenvalue weighted by atomic mass is 16.6. The van der Waals surface area contributed by atoms with Crippen molar-refractivity contribution in [2.24, 2.45) is 5.92 Å². The first-order chi connectivity index (χ1) is 13.2. The summed E-state index contributed by atoms with van der Waals surface area (Å²) in [6.45, 7) is 4.65. The number of benzene rings is 1. The molecule has 3 heterocycles. The van der Waals surface area contributed by atoms with E-state index in [4.69, 9.17) is 14.5 Å². The monoisotopic (exact) mass is 368 g/mol. The van der Waals surface area contributed by atoms with Gasteiger partial charge in [-0.1, -0.05) is 6.42 Å². The lowest BCUT2D eigenvalue weighted by molar-refractivity contribution is 0.179. The van der Waals surface area contributed by atoms with Crippen molar-refractivity contribution in [3.63, 3.8) is 0 Å². The molecule has 2 aromatic rings. The maximum Gasteiger partial charge on any atom is 0.415 e. The van der Waals surface area contributed by atoms with Crippen LogP contribution in [0.3, 0.4) is 0 Å². The van der Waals surface area contributed by atoms with Crippen LogP contribution >= 0.6 is 0 Å². The fourth-order valence-corrected chi connectivity index (χ4v) is 3.89. The number of carbonyl (C=O) groups excluding carboxylic acids is 1. The number of cyclic esters (lactones) is 1.